The zero-order chi connectivity index (χ0) is 14.8. The summed E-state index contributed by atoms with van der Waals surface area (Å²) in [5.41, 5.74) is 6.91. The first-order valence-electron chi connectivity index (χ1n) is 6.86. The van der Waals surface area contributed by atoms with Crippen LogP contribution in [0.3, 0.4) is 0 Å². The van der Waals surface area contributed by atoms with Gasteiger partial charge in [-0.05, 0) is 36.6 Å². The second kappa shape index (κ2) is 6.09. The van der Waals surface area contributed by atoms with Crippen LogP contribution in [0.2, 0.25) is 0 Å². The summed E-state index contributed by atoms with van der Waals surface area (Å²) in [6.07, 6.45) is 5.17. The molecular formula is C15H17BrN4O. The maximum absolute atomic E-state index is 5.76. The second-order valence-electron chi connectivity index (χ2n) is 5.16. The van der Waals surface area contributed by atoms with Crippen LogP contribution in [-0.4, -0.2) is 16.6 Å². The highest BCUT2D eigenvalue weighted by atomic mass is 79.9. The lowest BCUT2D eigenvalue weighted by atomic mass is 10.0. The first-order chi connectivity index (χ1) is 10.2. The molecule has 1 atom stereocenters. The van der Waals surface area contributed by atoms with Crippen LogP contribution in [0.25, 0.3) is 0 Å². The molecule has 0 saturated heterocycles. The van der Waals surface area contributed by atoms with Crippen LogP contribution in [0.4, 0.5) is 0 Å². The lowest BCUT2D eigenvalue weighted by Gasteiger charge is -2.17. The first kappa shape index (κ1) is 14.4. The molecule has 2 heterocycles. The van der Waals surface area contributed by atoms with Crippen molar-refractivity contribution >= 4 is 15.9 Å². The van der Waals surface area contributed by atoms with E-state index in [9.17, 15) is 0 Å². The van der Waals surface area contributed by atoms with E-state index in [0.717, 1.165) is 40.2 Å². The molecule has 0 radical (unpaired) electrons. The van der Waals surface area contributed by atoms with Crippen molar-refractivity contribution in [3.8, 4) is 5.75 Å². The summed E-state index contributed by atoms with van der Waals surface area (Å²) in [5, 5.41) is 0. The number of nitrogens with zero attached hydrogens (tertiary/aromatic N) is 2. The quantitative estimate of drug-likeness (QED) is 0.654. The zero-order valence-corrected chi connectivity index (χ0v) is 13.4. The summed E-state index contributed by atoms with van der Waals surface area (Å²) in [6.45, 7) is 2.65. The Hall–Kier alpha value is -1.50. The van der Waals surface area contributed by atoms with Crippen molar-refractivity contribution in [2.45, 2.75) is 25.8 Å². The van der Waals surface area contributed by atoms with E-state index in [-0.39, 0.29) is 6.04 Å². The Bertz CT molecular complexity index is 645. The van der Waals surface area contributed by atoms with Crippen LogP contribution in [0.5, 0.6) is 5.75 Å². The van der Waals surface area contributed by atoms with E-state index in [2.05, 4.69) is 43.5 Å². The minimum absolute atomic E-state index is 0.0966. The highest BCUT2D eigenvalue weighted by Gasteiger charge is 2.21. The van der Waals surface area contributed by atoms with E-state index in [0.29, 0.717) is 6.42 Å². The number of benzene rings is 1. The molecule has 6 heteroatoms. The molecule has 1 aliphatic rings. The average molecular weight is 349 g/mol. The van der Waals surface area contributed by atoms with Crippen LogP contribution in [0, 0.1) is 6.92 Å². The van der Waals surface area contributed by atoms with Crippen LogP contribution in [0.15, 0.2) is 29.0 Å². The smallest absolute Gasteiger partial charge is 0.125 e. The summed E-state index contributed by atoms with van der Waals surface area (Å²) < 4.78 is 6.82. The summed E-state index contributed by atoms with van der Waals surface area (Å²) in [6, 6.07) is 4.10. The van der Waals surface area contributed by atoms with Crippen molar-refractivity contribution in [2.75, 3.05) is 6.61 Å². The number of rotatable bonds is 4. The molecule has 0 saturated carbocycles. The minimum Gasteiger partial charge on any atom is -0.493 e. The van der Waals surface area contributed by atoms with Gasteiger partial charge in [-0.3, -0.25) is 21.2 Å². The van der Waals surface area contributed by atoms with Crippen molar-refractivity contribution in [3.63, 3.8) is 0 Å². The predicted octanol–water partition coefficient (Wildman–Crippen LogP) is 2.23. The fourth-order valence-corrected chi connectivity index (χ4v) is 3.10. The molecule has 1 unspecified atom stereocenters. The molecular weight excluding hydrogens is 332 g/mol. The molecule has 1 aromatic heterocycles. The van der Waals surface area contributed by atoms with Crippen molar-refractivity contribution in [3.05, 3.63) is 51.5 Å². The molecule has 0 aliphatic carbocycles. The third-order valence-corrected chi connectivity index (χ3v) is 4.07. The Morgan fingerprint density at radius 2 is 2.24 bits per heavy atom. The molecule has 1 aliphatic heterocycles. The molecule has 1 aromatic carbocycles. The first-order valence-corrected chi connectivity index (χ1v) is 7.65. The van der Waals surface area contributed by atoms with Gasteiger partial charge in [0.05, 0.1) is 30.2 Å². The van der Waals surface area contributed by atoms with Crippen LogP contribution in [-0.2, 0) is 12.8 Å². The van der Waals surface area contributed by atoms with Crippen molar-refractivity contribution in [1.29, 1.82) is 0 Å². The van der Waals surface area contributed by atoms with Gasteiger partial charge in [0.1, 0.15) is 5.75 Å². The number of ether oxygens (including phenoxy) is 1. The Morgan fingerprint density at radius 1 is 1.38 bits per heavy atom. The highest BCUT2D eigenvalue weighted by molar-refractivity contribution is 9.10. The highest BCUT2D eigenvalue weighted by Crippen LogP contribution is 2.35. The van der Waals surface area contributed by atoms with Crippen LogP contribution >= 0.6 is 15.9 Å². The third-order valence-electron chi connectivity index (χ3n) is 3.61. The number of nitrogens with one attached hydrogen (secondary N) is 1. The van der Waals surface area contributed by atoms with E-state index in [4.69, 9.17) is 10.6 Å². The molecule has 0 amide bonds. The Kier molecular flexibility index (Phi) is 4.19. The van der Waals surface area contributed by atoms with Crippen LogP contribution < -0.4 is 16.0 Å². The van der Waals surface area contributed by atoms with Gasteiger partial charge in [0.2, 0.25) is 0 Å². The lowest BCUT2D eigenvalue weighted by Crippen LogP contribution is -2.30. The van der Waals surface area contributed by atoms with E-state index in [1.165, 1.54) is 5.56 Å². The van der Waals surface area contributed by atoms with E-state index in [1.807, 2.05) is 6.92 Å². The summed E-state index contributed by atoms with van der Waals surface area (Å²) in [4.78, 5) is 8.69. The molecule has 2 aromatic rings. The van der Waals surface area contributed by atoms with Crippen LogP contribution in [0.1, 0.15) is 28.6 Å². The second-order valence-corrected chi connectivity index (χ2v) is 6.07. The van der Waals surface area contributed by atoms with E-state index in [1.54, 1.807) is 12.4 Å². The minimum atomic E-state index is -0.0966. The largest absolute Gasteiger partial charge is 0.493 e. The number of aromatic nitrogens is 2. The Balaban J connectivity index is 1.89. The summed E-state index contributed by atoms with van der Waals surface area (Å²) >= 11 is 3.56. The van der Waals surface area contributed by atoms with E-state index < -0.39 is 0 Å². The third kappa shape index (κ3) is 3.07. The predicted molar refractivity (Wildman–Crippen MR) is 83.9 cm³/mol. The fraction of sp³-hybridized carbons (Fsp3) is 0.333. The molecule has 0 fully saturated rings. The van der Waals surface area contributed by atoms with Gasteiger partial charge < -0.3 is 4.74 Å². The average Bonchev–Trinajstić information content (AvgIpc) is 2.94. The number of aryl methyl sites for hydroxylation is 1. The number of hydrogen-bond acceptors (Lipinski definition) is 5. The molecule has 0 spiro atoms. The molecule has 3 N–H and O–H groups in total. The fourth-order valence-electron chi connectivity index (χ4n) is 2.55. The maximum Gasteiger partial charge on any atom is 0.125 e. The van der Waals surface area contributed by atoms with Crippen molar-refractivity contribution < 1.29 is 4.74 Å². The monoisotopic (exact) mass is 348 g/mol. The molecule has 5 nitrogen and oxygen atoms in total. The van der Waals surface area contributed by atoms with Gasteiger partial charge in [0.25, 0.3) is 0 Å². The van der Waals surface area contributed by atoms with Crippen molar-refractivity contribution in [2.24, 2.45) is 5.84 Å². The number of hydrogen-bond donors (Lipinski definition) is 2. The zero-order valence-electron chi connectivity index (χ0n) is 11.8. The van der Waals surface area contributed by atoms with Gasteiger partial charge in [0.15, 0.2) is 0 Å². The number of nitrogens with two attached hydrogens (primary N) is 1. The topological polar surface area (TPSA) is 73.1 Å². The summed E-state index contributed by atoms with van der Waals surface area (Å²) in [7, 11) is 0. The van der Waals surface area contributed by atoms with Gasteiger partial charge in [-0.25, -0.2) is 0 Å². The number of halogens is 1. The van der Waals surface area contributed by atoms with Gasteiger partial charge >= 0.3 is 0 Å². The number of hydrazine groups is 1. The van der Waals surface area contributed by atoms with Gasteiger partial charge in [-0.15, -0.1) is 0 Å². The van der Waals surface area contributed by atoms with E-state index >= 15 is 0 Å². The standard InChI is InChI=1S/C15H17BrN4O/c1-9-7-19-14(8-18-9)13(20-17)6-11-5-12(16)4-10-2-3-21-15(10)11/h4-5,7-8,13,20H,2-3,6,17H2,1H3. The maximum atomic E-state index is 5.76. The molecule has 0 bridgehead atoms. The SMILES string of the molecule is Cc1cnc(C(Cc2cc(Br)cc3c2OCC3)NN)cn1. The molecule has 3 rings (SSSR count). The Morgan fingerprint density at radius 3 is 2.95 bits per heavy atom. The number of fused-ring (bicyclic) bond motifs is 1. The lowest BCUT2D eigenvalue weighted by molar-refractivity contribution is 0.351. The van der Waals surface area contributed by atoms with Crippen molar-refractivity contribution in [1.82, 2.24) is 15.4 Å². The van der Waals surface area contributed by atoms with Gasteiger partial charge in [-0.1, -0.05) is 15.9 Å². The summed E-state index contributed by atoms with van der Waals surface area (Å²) in [5.74, 6) is 6.69. The van der Waals surface area contributed by atoms with Gasteiger partial charge in [-0.2, -0.15) is 0 Å². The normalized spacial score (nSPS) is 14.6. The van der Waals surface area contributed by atoms with Gasteiger partial charge in [0, 0.05) is 17.1 Å². The molecule has 21 heavy (non-hydrogen) atoms. The molecule has 110 valence electrons. The Labute approximate surface area is 132 Å².